The molecular weight excluding hydrogens is 310 g/mol. The lowest BCUT2D eigenvalue weighted by molar-refractivity contribution is 0.0481. The summed E-state index contributed by atoms with van der Waals surface area (Å²) in [7, 11) is 1.80. The predicted molar refractivity (Wildman–Crippen MR) is 95.1 cm³/mol. The van der Waals surface area contributed by atoms with Gasteiger partial charge in [-0.25, -0.2) is 5.01 Å². The summed E-state index contributed by atoms with van der Waals surface area (Å²) in [6, 6.07) is 1.87. The molecule has 0 spiro atoms. The molecule has 6 nitrogen and oxygen atoms in total. The first-order chi connectivity index (χ1) is 10.8. The molecule has 2 rings (SSSR count). The zero-order chi connectivity index (χ0) is 17.2. The molecule has 0 saturated carbocycles. The topological polar surface area (TPSA) is 53.4 Å². The molecule has 1 saturated heterocycles. The van der Waals surface area contributed by atoms with E-state index in [9.17, 15) is 4.79 Å². The van der Waals surface area contributed by atoms with Crippen molar-refractivity contribution in [3.05, 3.63) is 30.1 Å². The highest BCUT2D eigenvalue weighted by atomic mass is 32.1. The first-order valence-electron chi connectivity index (χ1n) is 7.78. The second-order valence-electron chi connectivity index (χ2n) is 6.67. The van der Waals surface area contributed by atoms with Gasteiger partial charge in [-0.1, -0.05) is 26.8 Å². The van der Waals surface area contributed by atoms with Crippen LogP contribution in [0.4, 0.5) is 0 Å². The number of amides is 1. The molecule has 0 atom stereocenters. The molecule has 2 heterocycles. The van der Waals surface area contributed by atoms with Crippen molar-refractivity contribution in [1.29, 1.82) is 0 Å². The lowest BCUT2D eigenvalue weighted by atomic mass is 9.92. The van der Waals surface area contributed by atoms with Gasteiger partial charge in [0, 0.05) is 32.1 Å². The molecule has 0 unspecified atom stereocenters. The number of carbonyl (C=O) groups is 1. The molecule has 1 aromatic heterocycles. The summed E-state index contributed by atoms with van der Waals surface area (Å²) in [4.78, 5) is 12.9. The Labute approximate surface area is 143 Å². The minimum atomic E-state index is -0.0954. The number of nitrogens with one attached hydrogen (secondary N) is 1. The quantitative estimate of drug-likeness (QED) is 0.675. The number of hydrogen-bond donors (Lipinski definition) is 1. The van der Waals surface area contributed by atoms with Crippen molar-refractivity contribution in [3.8, 4) is 0 Å². The largest absolute Gasteiger partial charge is 0.358 e. The number of aryl methyl sites for hydroxylation is 1. The number of carbonyl (C=O) groups excluding carboxylic acids is 1. The summed E-state index contributed by atoms with van der Waals surface area (Å²) >= 11 is 5.37. The Morgan fingerprint density at radius 3 is 2.65 bits per heavy atom. The van der Waals surface area contributed by atoms with Crippen molar-refractivity contribution in [3.63, 3.8) is 0 Å². The highest BCUT2D eigenvalue weighted by molar-refractivity contribution is 7.80. The lowest BCUT2D eigenvalue weighted by Gasteiger charge is -2.29. The van der Waals surface area contributed by atoms with Gasteiger partial charge in [-0.2, -0.15) is 5.10 Å². The van der Waals surface area contributed by atoms with E-state index in [1.54, 1.807) is 22.8 Å². The summed E-state index contributed by atoms with van der Waals surface area (Å²) in [5.41, 5.74) is 1.39. The molecule has 1 aliphatic rings. The number of nitrogens with zero attached hydrogens (tertiary/aromatic N) is 4. The maximum Gasteiger partial charge on any atom is 0.290 e. The van der Waals surface area contributed by atoms with Crippen LogP contribution >= 0.6 is 12.2 Å². The maximum absolute atomic E-state index is 12.9. The van der Waals surface area contributed by atoms with Crippen molar-refractivity contribution in [2.45, 2.75) is 32.6 Å². The smallest absolute Gasteiger partial charge is 0.290 e. The molecule has 1 aliphatic heterocycles. The molecule has 1 aromatic rings. The average Bonchev–Trinajstić information content (AvgIpc) is 3.10. The Morgan fingerprint density at radius 2 is 2.09 bits per heavy atom. The van der Waals surface area contributed by atoms with Gasteiger partial charge in [-0.15, -0.1) is 6.58 Å². The van der Waals surface area contributed by atoms with Crippen LogP contribution < -0.4 is 5.32 Å². The van der Waals surface area contributed by atoms with Crippen LogP contribution in [0.5, 0.6) is 0 Å². The minimum Gasteiger partial charge on any atom is -0.358 e. The van der Waals surface area contributed by atoms with Crippen molar-refractivity contribution < 1.29 is 4.79 Å². The zero-order valence-electron chi connectivity index (χ0n) is 14.3. The van der Waals surface area contributed by atoms with Gasteiger partial charge >= 0.3 is 0 Å². The molecule has 0 aliphatic carbocycles. The van der Waals surface area contributed by atoms with E-state index < -0.39 is 0 Å². The third kappa shape index (κ3) is 3.72. The molecule has 1 amide bonds. The van der Waals surface area contributed by atoms with E-state index in [-0.39, 0.29) is 11.3 Å². The summed E-state index contributed by atoms with van der Waals surface area (Å²) in [6.45, 7) is 11.9. The molecule has 126 valence electrons. The van der Waals surface area contributed by atoms with E-state index in [0.717, 1.165) is 18.7 Å². The molecule has 1 fully saturated rings. The Hall–Kier alpha value is -1.89. The summed E-state index contributed by atoms with van der Waals surface area (Å²) in [6.07, 6.45) is 2.64. The summed E-state index contributed by atoms with van der Waals surface area (Å²) < 4.78 is 1.65. The summed E-state index contributed by atoms with van der Waals surface area (Å²) in [5.74, 6) is -0.0734. The fourth-order valence-corrected chi connectivity index (χ4v) is 2.72. The maximum atomic E-state index is 12.9. The number of thiocarbonyl (C=S) groups is 1. The molecule has 7 heteroatoms. The minimum absolute atomic E-state index is 0.0734. The fourth-order valence-electron chi connectivity index (χ4n) is 2.45. The highest BCUT2D eigenvalue weighted by Crippen LogP contribution is 2.23. The monoisotopic (exact) mass is 335 g/mol. The first kappa shape index (κ1) is 17.5. The van der Waals surface area contributed by atoms with Gasteiger partial charge in [0.2, 0.25) is 0 Å². The normalized spacial score (nSPS) is 15.0. The van der Waals surface area contributed by atoms with E-state index in [2.05, 4.69) is 37.8 Å². The SMILES string of the molecule is C=CCNC(=S)N1CCCN1C(=O)c1cc(C(C)(C)C)nn1C. The number of hydrogen-bond acceptors (Lipinski definition) is 3. The van der Waals surface area contributed by atoms with Crippen LogP contribution in [-0.2, 0) is 12.5 Å². The van der Waals surface area contributed by atoms with E-state index in [1.165, 1.54) is 0 Å². The Bertz CT molecular complexity index is 616. The first-order valence-corrected chi connectivity index (χ1v) is 8.19. The Balaban J connectivity index is 2.20. The van der Waals surface area contributed by atoms with Gasteiger partial charge in [-0.3, -0.25) is 14.5 Å². The van der Waals surface area contributed by atoms with Crippen molar-refractivity contribution in [2.24, 2.45) is 7.05 Å². The van der Waals surface area contributed by atoms with Gasteiger partial charge in [0.1, 0.15) is 5.69 Å². The van der Waals surface area contributed by atoms with E-state index in [1.807, 2.05) is 11.1 Å². The second-order valence-corrected chi connectivity index (χ2v) is 7.05. The fraction of sp³-hybridized carbons (Fsp3) is 0.562. The molecule has 1 N–H and O–H groups in total. The van der Waals surface area contributed by atoms with Crippen LogP contribution in [-0.4, -0.2) is 50.5 Å². The molecule has 0 aromatic carbocycles. The van der Waals surface area contributed by atoms with Gasteiger partial charge < -0.3 is 5.32 Å². The predicted octanol–water partition coefficient (Wildman–Crippen LogP) is 1.84. The van der Waals surface area contributed by atoms with Gasteiger partial charge in [-0.05, 0) is 24.7 Å². The van der Waals surface area contributed by atoms with Crippen LogP contribution in [0.1, 0.15) is 43.4 Å². The second kappa shape index (κ2) is 6.70. The lowest BCUT2D eigenvalue weighted by Crippen LogP contribution is -2.49. The van der Waals surface area contributed by atoms with Crippen LogP contribution in [0.2, 0.25) is 0 Å². The van der Waals surface area contributed by atoms with Crippen LogP contribution in [0.15, 0.2) is 18.7 Å². The van der Waals surface area contributed by atoms with Crippen molar-refractivity contribution in [1.82, 2.24) is 25.1 Å². The standard InChI is InChI=1S/C16H25N5OS/c1-6-8-17-15(23)21-10-7-9-20(21)14(22)12-11-13(16(2,3)4)18-19(12)5/h6,11H,1,7-10H2,2-5H3,(H,17,23). The van der Waals surface area contributed by atoms with Gasteiger partial charge in [0.25, 0.3) is 5.91 Å². The molecule has 23 heavy (non-hydrogen) atoms. The van der Waals surface area contributed by atoms with Crippen molar-refractivity contribution in [2.75, 3.05) is 19.6 Å². The third-order valence-electron chi connectivity index (χ3n) is 3.77. The molecule has 0 bridgehead atoms. The van der Waals surface area contributed by atoms with Crippen LogP contribution in [0.3, 0.4) is 0 Å². The van der Waals surface area contributed by atoms with Gasteiger partial charge in [0.15, 0.2) is 5.11 Å². The van der Waals surface area contributed by atoms with Crippen LogP contribution in [0, 0.1) is 0 Å². The summed E-state index contributed by atoms with van der Waals surface area (Å²) in [5, 5.41) is 11.6. The zero-order valence-corrected chi connectivity index (χ0v) is 15.1. The van der Waals surface area contributed by atoms with Crippen LogP contribution in [0.25, 0.3) is 0 Å². The average molecular weight is 335 g/mol. The number of rotatable bonds is 3. The third-order valence-corrected chi connectivity index (χ3v) is 4.12. The molecular formula is C16H25N5OS. The van der Waals surface area contributed by atoms with Gasteiger partial charge in [0.05, 0.1) is 5.69 Å². The Kier molecular flexibility index (Phi) is 5.09. The van der Waals surface area contributed by atoms with E-state index in [0.29, 0.717) is 23.9 Å². The van der Waals surface area contributed by atoms with E-state index in [4.69, 9.17) is 12.2 Å². The van der Waals surface area contributed by atoms with E-state index >= 15 is 0 Å². The van der Waals surface area contributed by atoms with Crippen molar-refractivity contribution >= 4 is 23.2 Å². The highest BCUT2D eigenvalue weighted by Gasteiger charge is 2.32. The molecule has 0 radical (unpaired) electrons. The Morgan fingerprint density at radius 1 is 1.43 bits per heavy atom. The number of hydrazine groups is 1. The number of aromatic nitrogens is 2.